The third-order valence-corrected chi connectivity index (χ3v) is 4.35. The average Bonchev–Trinajstić information content (AvgIpc) is 2.48. The van der Waals surface area contributed by atoms with Crippen molar-refractivity contribution in [2.45, 2.75) is 31.3 Å². The molecule has 1 unspecified atom stereocenters. The van der Waals surface area contributed by atoms with Gasteiger partial charge in [-0.15, -0.1) is 0 Å². The van der Waals surface area contributed by atoms with Crippen molar-refractivity contribution in [3.63, 3.8) is 0 Å². The Morgan fingerprint density at radius 3 is 2.24 bits per heavy atom. The quantitative estimate of drug-likeness (QED) is 0.752. The number of carbonyl (C=O) groups is 1. The fourth-order valence-corrected chi connectivity index (χ4v) is 2.83. The van der Waals surface area contributed by atoms with Crippen LogP contribution in [0, 0.1) is 0 Å². The lowest BCUT2D eigenvalue weighted by Gasteiger charge is -2.25. The molecule has 1 aliphatic rings. The molecule has 21 heavy (non-hydrogen) atoms. The summed E-state index contributed by atoms with van der Waals surface area (Å²) in [5.74, 6) is 0.713. The van der Waals surface area contributed by atoms with Crippen LogP contribution in [-0.4, -0.2) is 12.9 Å². The zero-order chi connectivity index (χ0) is 14.7. The summed E-state index contributed by atoms with van der Waals surface area (Å²) in [5.41, 5.74) is 2.97. The van der Waals surface area contributed by atoms with E-state index in [0.717, 1.165) is 5.56 Å². The van der Waals surface area contributed by atoms with Gasteiger partial charge in [-0.25, -0.2) is 0 Å². The molecule has 1 saturated carbocycles. The Morgan fingerprint density at radius 2 is 1.71 bits per heavy atom. The highest BCUT2D eigenvalue weighted by atomic mass is 16.5. The van der Waals surface area contributed by atoms with Gasteiger partial charge in [-0.3, -0.25) is 4.79 Å². The second kappa shape index (κ2) is 6.23. The molecule has 0 amide bonds. The van der Waals surface area contributed by atoms with Gasteiger partial charge in [0.15, 0.2) is 5.78 Å². The Morgan fingerprint density at radius 1 is 1.05 bits per heavy atom. The zero-order valence-electron chi connectivity index (χ0n) is 12.3. The summed E-state index contributed by atoms with van der Waals surface area (Å²) in [6, 6.07) is 17.7. The number of hydrogen-bond acceptors (Lipinski definition) is 2. The van der Waals surface area contributed by atoms with Crippen LogP contribution >= 0.6 is 0 Å². The first-order chi connectivity index (χ1) is 10.3. The second-order valence-electron chi connectivity index (χ2n) is 5.64. The van der Waals surface area contributed by atoms with Crippen molar-refractivity contribution in [2.75, 3.05) is 7.11 Å². The summed E-state index contributed by atoms with van der Waals surface area (Å²) in [6.45, 7) is 0. The number of Topliss-reactive ketones (excluding diaryl/α,β-unsaturated/α-hetero) is 1. The molecular weight excluding hydrogens is 260 g/mol. The molecule has 0 aromatic heterocycles. The van der Waals surface area contributed by atoms with E-state index in [1.54, 1.807) is 7.11 Å². The number of ether oxygens (including phenoxy) is 1. The Kier molecular flexibility index (Phi) is 4.16. The van der Waals surface area contributed by atoms with E-state index in [0.29, 0.717) is 11.5 Å². The lowest BCUT2D eigenvalue weighted by Crippen LogP contribution is -2.15. The van der Waals surface area contributed by atoms with Gasteiger partial charge in [0.05, 0.1) is 0 Å². The van der Waals surface area contributed by atoms with E-state index in [4.69, 9.17) is 4.74 Å². The molecule has 2 aromatic rings. The first-order valence-electron chi connectivity index (χ1n) is 7.51. The van der Waals surface area contributed by atoms with Gasteiger partial charge in [0.1, 0.15) is 6.10 Å². The largest absolute Gasteiger partial charge is 0.369 e. The molecule has 1 fully saturated rings. The molecule has 1 atom stereocenters. The van der Waals surface area contributed by atoms with Crippen LogP contribution in [0.25, 0.3) is 0 Å². The van der Waals surface area contributed by atoms with E-state index >= 15 is 0 Å². The smallest absolute Gasteiger partial charge is 0.196 e. The van der Waals surface area contributed by atoms with Gasteiger partial charge < -0.3 is 4.74 Å². The van der Waals surface area contributed by atoms with Gasteiger partial charge in [0, 0.05) is 12.7 Å². The topological polar surface area (TPSA) is 26.3 Å². The van der Waals surface area contributed by atoms with Crippen LogP contribution in [0.5, 0.6) is 0 Å². The number of hydrogen-bond donors (Lipinski definition) is 0. The fraction of sp³-hybridized carbons (Fsp3) is 0.316. The van der Waals surface area contributed by atoms with Crippen molar-refractivity contribution in [3.8, 4) is 0 Å². The highest BCUT2D eigenvalue weighted by Crippen LogP contribution is 2.36. The normalized spacial score (nSPS) is 16.2. The molecular formula is C19H20O2. The van der Waals surface area contributed by atoms with Gasteiger partial charge in [0.2, 0.25) is 0 Å². The monoisotopic (exact) mass is 280 g/mol. The minimum Gasteiger partial charge on any atom is -0.369 e. The van der Waals surface area contributed by atoms with Crippen LogP contribution in [-0.2, 0) is 4.74 Å². The van der Waals surface area contributed by atoms with E-state index in [-0.39, 0.29) is 5.78 Å². The van der Waals surface area contributed by atoms with Crippen molar-refractivity contribution < 1.29 is 9.53 Å². The predicted octanol–water partition coefficient (Wildman–Crippen LogP) is 4.52. The highest BCUT2D eigenvalue weighted by Gasteiger charge is 2.23. The standard InChI is InChI=1S/C19H20O2/c1-21-19(17-6-3-2-4-7-17)18(20)16-12-10-15(11-13-16)14-8-5-9-14/h2-4,6-7,10-14,19H,5,8-9H2,1H3. The summed E-state index contributed by atoms with van der Waals surface area (Å²) in [5, 5.41) is 0. The zero-order valence-corrected chi connectivity index (χ0v) is 12.3. The van der Waals surface area contributed by atoms with Gasteiger partial charge in [0.25, 0.3) is 0 Å². The number of ketones is 1. The maximum Gasteiger partial charge on any atom is 0.196 e. The molecule has 0 N–H and O–H groups in total. The van der Waals surface area contributed by atoms with Gasteiger partial charge >= 0.3 is 0 Å². The summed E-state index contributed by atoms with van der Waals surface area (Å²) in [6.07, 6.45) is 3.35. The van der Waals surface area contributed by atoms with Gasteiger partial charge in [-0.1, -0.05) is 61.0 Å². The molecule has 2 nitrogen and oxygen atoms in total. The molecule has 2 aromatic carbocycles. The van der Waals surface area contributed by atoms with Crippen LogP contribution in [0.15, 0.2) is 54.6 Å². The predicted molar refractivity (Wildman–Crippen MR) is 83.6 cm³/mol. The Labute approximate surface area is 125 Å². The SMILES string of the molecule is COC(C(=O)c1ccc(C2CCC2)cc1)c1ccccc1. The number of benzene rings is 2. The van der Waals surface area contributed by atoms with E-state index in [1.165, 1.54) is 24.8 Å². The molecule has 1 aliphatic carbocycles. The average molecular weight is 280 g/mol. The van der Waals surface area contributed by atoms with Crippen LogP contribution in [0.4, 0.5) is 0 Å². The minimum atomic E-state index is -0.527. The number of methoxy groups -OCH3 is 1. The van der Waals surface area contributed by atoms with Crippen molar-refractivity contribution in [3.05, 3.63) is 71.3 Å². The second-order valence-corrected chi connectivity index (χ2v) is 5.64. The van der Waals surface area contributed by atoms with E-state index in [2.05, 4.69) is 12.1 Å². The van der Waals surface area contributed by atoms with E-state index in [1.807, 2.05) is 42.5 Å². The van der Waals surface area contributed by atoms with Gasteiger partial charge in [-0.05, 0) is 29.9 Å². The third-order valence-electron chi connectivity index (χ3n) is 4.35. The van der Waals surface area contributed by atoms with E-state index < -0.39 is 6.10 Å². The minimum absolute atomic E-state index is 0.0175. The number of carbonyl (C=O) groups excluding carboxylic acids is 1. The fourth-order valence-electron chi connectivity index (χ4n) is 2.83. The summed E-state index contributed by atoms with van der Waals surface area (Å²) >= 11 is 0. The summed E-state index contributed by atoms with van der Waals surface area (Å²) < 4.78 is 5.41. The van der Waals surface area contributed by atoms with Crippen LogP contribution < -0.4 is 0 Å². The summed E-state index contributed by atoms with van der Waals surface area (Å²) in [4.78, 5) is 12.6. The van der Waals surface area contributed by atoms with Crippen LogP contribution in [0.3, 0.4) is 0 Å². The highest BCUT2D eigenvalue weighted by molar-refractivity contribution is 6.00. The lowest BCUT2D eigenvalue weighted by molar-refractivity contribution is 0.0604. The maximum absolute atomic E-state index is 12.6. The molecule has 2 heteroatoms. The van der Waals surface area contributed by atoms with Crippen LogP contribution in [0.1, 0.15) is 52.8 Å². The first kappa shape index (κ1) is 14.0. The molecule has 0 radical (unpaired) electrons. The number of rotatable bonds is 5. The molecule has 0 spiro atoms. The molecule has 0 saturated heterocycles. The molecule has 0 heterocycles. The van der Waals surface area contributed by atoms with E-state index in [9.17, 15) is 4.79 Å². The molecule has 0 aliphatic heterocycles. The third kappa shape index (κ3) is 2.91. The molecule has 108 valence electrons. The Bertz CT molecular complexity index is 597. The Balaban J connectivity index is 1.79. The van der Waals surface area contributed by atoms with Gasteiger partial charge in [-0.2, -0.15) is 0 Å². The van der Waals surface area contributed by atoms with Crippen LogP contribution in [0.2, 0.25) is 0 Å². The van der Waals surface area contributed by atoms with Crippen molar-refractivity contribution in [1.29, 1.82) is 0 Å². The maximum atomic E-state index is 12.6. The van der Waals surface area contributed by atoms with Crippen molar-refractivity contribution >= 4 is 5.78 Å². The Hall–Kier alpha value is -1.93. The molecule has 3 rings (SSSR count). The molecule has 0 bridgehead atoms. The summed E-state index contributed by atoms with van der Waals surface area (Å²) in [7, 11) is 1.58. The van der Waals surface area contributed by atoms with Crippen molar-refractivity contribution in [2.24, 2.45) is 0 Å². The lowest BCUT2D eigenvalue weighted by atomic mass is 9.80. The van der Waals surface area contributed by atoms with Crippen molar-refractivity contribution in [1.82, 2.24) is 0 Å². The first-order valence-corrected chi connectivity index (χ1v) is 7.51.